The van der Waals surface area contributed by atoms with Gasteiger partial charge in [0.15, 0.2) is 0 Å². The maximum Gasteiger partial charge on any atom is 0.253 e. The first-order valence-corrected chi connectivity index (χ1v) is 9.50. The van der Waals surface area contributed by atoms with E-state index in [2.05, 4.69) is 16.0 Å². The molecule has 0 atom stereocenters. The van der Waals surface area contributed by atoms with Gasteiger partial charge in [0, 0.05) is 29.8 Å². The van der Waals surface area contributed by atoms with Gasteiger partial charge in [-0.15, -0.1) is 11.8 Å². The van der Waals surface area contributed by atoms with E-state index in [4.69, 9.17) is 0 Å². The van der Waals surface area contributed by atoms with Crippen molar-refractivity contribution in [2.45, 2.75) is 23.6 Å². The quantitative estimate of drug-likeness (QED) is 0.524. The van der Waals surface area contributed by atoms with Crippen molar-refractivity contribution in [3.05, 3.63) is 66.0 Å². The molecular formula is C20H19N3OS. The number of benzene rings is 2. The van der Waals surface area contributed by atoms with Crippen LogP contribution in [-0.2, 0) is 5.75 Å². The molecule has 1 fully saturated rings. The van der Waals surface area contributed by atoms with Gasteiger partial charge < -0.3 is 4.90 Å². The highest BCUT2D eigenvalue weighted by atomic mass is 32.2. The summed E-state index contributed by atoms with van der Waals surface area (Å²) in [4.78, 5) is 23.0. The monoisotopic (exact) mass is 349 g/mol. The minimum absolute atomic E-state index is 0.151. The first kappa shape index (κ1) is 16.1. The van der Waals surface area contributed by atoms with Crippen molar-refractivity contribution in [2.75, 3.05) is 13.1 Å². The van der Waals surface area contributed by atoms with E-state index in [0.717, 1.165) is 53.2 Å². The van der Waals surface area contributed by atoms with Crippen molar-refractivity contribution in [1.82, 2.24) is 14.9 Å². The number of carbonyl (C=O) groups is 1. The van der Waals surface area contributed by atoms with Crippen molar-refractivity contribution in [3.63, 3.8) is 0 Å². The summed E-state index contributed by atoms with van der Waals surface area (Å²) >= 11 is 1.70. The summed E-state index contributed by atoms with van der Waals surface area (Å²) in [6.07, 6.45) is 3.85. The maximum absolute atomic E-state index is 12.4. The molecule has 0 bridgehead atoms. The van der Waals surface area contributed by atoms with Gasteiger partial charge in [0.1, 0.15) is 11.4 Å². The molecule has 1 amide bonds. The van der Waals surface area contributed by atoms with E-state index in [1.807, 2.05) is 47.4 Å². The first-order valence-electron chi connectivity index (χ1n) is 8.52. The minimum Gasteiger partial charge on any atom is -0.339 e. The van der Waals surface area contributed by atoms with E-state index in [1.54, 1.807) is 18.1 Å². The second kappa shape index (κ2) is 7.23. The molecule has 1 aliphatic heterocycles. The predicted octanol–water partition coefficient (Wildman–Crippen LogP) is 4.16. The van der Waals surface area contributed by atoms with Crippen molar-refractivity contribution in [2.24, 2.45) is 0 Å². The number of nitrogens with zero attached hydrogens (tertiary/aromatic N) is 3. The Kier molecular flexibility index (Phi) is 4.65. The van der Waals surface area contributed by atoms with Crippen LogP contribution in [0, 0.1) is 0 Å². The molecule has 1 aliphatic rings. The van der Waals surface area contributed by atoms with Crippen LogP contribution in [0.15, 0.2) is 59.9 Å². The van der Waals surface area contributed by atoms with Crippen LogP contribution in [0.4, 0.5) is 0 Å². The number of rotatable bonds is 4. The van der Waals surface area contributed by atoms with Gasteiger partial charge in [0.25, 0.3) is 5.91 Å². The van der Waals surface area contributed by atoms with E-state index >= 15 is 0 Å². The average molecular weight is 349 g/mol. The van der Waals surface area contributed by atoms with E-state index < -0.39 is 0 Å². The second-order valence-electron chi connectivity index (χ2n) is 6.18. The van der Waals surface area contributed by atoms with Crippen molar-refractivity contribution < 1.29 is 4.79 Å². The molecule has 0 N–H and O–H groups in total. The van der Waals surface area contributed by atoms with Crippen LogP contribution in [0.5, 0.6) is 0 Å². The molecule has 1 saturated heterocycles. The maximum atomic E-state index is 12.4. The number of hydrogen-bond donors (Lipinski definition) is 0. The molecule has 0 unspecified atom stereocenters. The fourth-order valence-corrected chi connectivity index (χ4v) is 4.04. The molecule has 126 valence electrons. The Labute approximate surface area is 151 Å². The average Bonchev–Trinajstić information content (AvgIpc) is 3.21. The third-order valence-electron chi connectivity index (χ3n) is 4.48. The van der Waals surface area contributed by atoms with Gasteiger partial charge in [0.2, 0.25) is 0 Å². The van der Waals surface area contributed by atoms with Gasteiger partial charge in [-0.1, -0.05) is 30.3 Å². The molecule has 2 heterocycles. The molecule has 0 radical (unpaired) electrons. The summed E-state index contributed by atoms with van der Waals surface area (Å²) in [5, 5.41) is 2.07. The molecule has 2 aromatic carbocycles. The Balaban J connectivity index is 1.45. The smallest absolute Gasteiger partial charge is 0.253 e. The van der Waals surface area contributed by atoms with E-state index in [1.165, 1.54) is 5.56 Å². The van der Waals surface area contributed by atoms with Gasteiger partial charge in [-0.25, -0.2) is 9.97 Å². The molecule has 25 heavy (non-hydrogen) atoms. The lowest BCUT2D eigenvalue weighted by Crippen LogP contribution is -2.27. The fraction of sp³-hybridized carbons (Fsp3) is 0.250. The molecule has 1 aromatic heterocycles. The van der Waals surface area contributed by atoms with Crippen LogP contribution >= 0.6 is 11.8 Å². The SMILES string of the molecule is O=C(c1ccc(CSc2ncnc3ccccc23)cc1)N1CCCC1. The lowest BCUT2D eigenvalue weighted by Gasteiger charge is -2.15. The van der Waals surface area contributed by atoms with E-state index in [0.29, 0.717) is 0 Å². The van der Waals surface area contributed by atoms with Crippen LogP contribution in [0.1, 0.15) is 28.8 Å². The summed E-state index contributed by atoms with van der Waals surface area (Å²) in [6.45, 7) is 1.77. The lowest BCUT2D eigenvalue weighted by atomic mass is 10.1. The topological polar surface area (TPSA) is 46.1 Å². The molecule has 5 heteroatoms. The van der Waals surface area contributed by atoms with Gasteiger partial charge in [-0.3, -0.25) is 4.79 Å². The highest BCUT2D eigenvalue weighted by Crippen LogP contribution is 2.27. The van der Waals surface area contributed by atoms with E-state index in [9.17, 15) is 4.79 Å². The second-order valence-corrected chi connectivity index (χ2v) is 7.14. The Morgan fingerprint density at radius 1 is 1.00 bits per heavy atom. The largest absolute Gasteiger partial charge is 0.339 e. The summed E-state index contributed by atoms with van der Waals surface area (Å²) in [5.74, 6) is 0.970. The molecule has 4 nitrogen and oxygen atoms in total. The third-order valence-corrected chi connectivity index (χ3v) is 5.55. The number of thioether (sulfide) groups is 1. The number of carbonyl (C=O) groups excluding carboxylic acids is 1. The van der Waals surface area contributed by atoms with Crippen LogP contribution in [0.2, 0.25) is 0 Å². The Morgan fingerprint density at radius 3 is 2.56 bits per heavy atom. The third kappa shape index (κ3) is 3.51. The summed E-state index contributed by atoms with van der Waals surface area (Å²) in [5.41, 5.74) is 2.93. The first-order chi connectivity index (χ1) is 12.3. The molecule has 3 aromatic rings. The number of aromatic nitrogens is 2. The Bertz CT molecular complexity index is 884. The van der Waals surface area contributed by atoms with Crippen molar-refractivity contribution in [3.8, 4) is 0 Å². The number of amides is 1. The van der Waals surface area contributed by atoms with Crippen molar-refractivity contribution >= 4 is 28.6 Å². The Morgan fingerprint density at radius 2 is 1.76 bits per heavy atom. The molecular weight excluding hydrogens is 330 g/mol. The van der Waals surface area contributed by atoms with Crippen molar-refractivity contribution in [1.29, 1.82) is 0 Å². The molecule has 0 aliphatic carbocycles. The minimum atomic E-state index is 0.151. The lowest BCUT2D eigenvalue weighted by molar-refractivity contribution is 0.0793. The zero-order valence-electron chi connectivity index (χ0n) is 13.9. The Hall–Kier alpha value is -2.40. The number of para-hydroxylation sites is 1. The van der Waals surface area contributed by atoms with Gasteiger partial charge in [0.05, 0.1) is 5.52 Å². The van der Waals surface area contributed by atoms with Gasteiger partial charge in [-0.2, -0.15) is 0 Å². The number of fused-ring (bicyclic) bond motifs is 1. The number of hydrogen-bond acceptors (Lipinski definition) is 4. The van der Waals surface area contributed by atoms with E-state index in [-0.39, 0.29) is 5.91 Å². The summed E-state index contributed by atoms with van der Waals surface area (Å²) < 4.78 is 0. The van der Waals surface area contributed by atoms with Crippen LogP contribution in [0.25, 0.3) is 10.9 Å². The molecule has 0 saturated carbocycles. The predicted molar refractivity (Wildman–Crippen MR) is 101 cm³/mol. The van der Waals surface area contributed by atoms with Crippen LogP contribution in [0.3, 0.4) is 0 Å². The zero-order chi connectivity index (χ0) is 17.1. The standard InChI is InChI=1S/C20H19N3OS/c24-20(23-11-3-4-12-23)16-9-7-15(8-10-16)13-25-19-17-5-1-2-6-18(17)21-14-22-19/h1-2,5-10,14H,3-4,11-13H2. The summed E-state index contributed by atoms with van der Waals surface area (Å²) in [6, 6.07) is 16.0. The molecule has 0 spiro atoms. The molecule has 4 rings (SSSR count). The highest BCUT2D eigenvalue weighted by molar-refractivity contribution is 7.98. The van der Waals surface area contributed by atoms with Crippen LogP contribution in [-0.4, -0.2) is 33.9 Å². The normalized spacial score (nSPS) is 14.2. The number of likely N-dealkylation sites (tertiary alicyclic amines) is 1. The summed E-state index contributed by atoms with van der Waals surface area (Å²) in [7, 11) is 0. The highest BCUT2D eigenvalue weighted by Gasteiger charge is 2.19. The van der Waals surface area contributed by atoms with Crippen LogP contribution < -0.4 is 0 Å². The fourth-order valence-electron chi connectivity index (χ4n) is 3.09. The van der Waals surface area contributed by atoms with Gasteiger partial charge >= 0.3 is 0 Å². The zero-order valence-corrected chi connectivity index (χ0v) is 14.7. The van der Waals surface area contributed by atoms with Gasteiger partial charge in [-0.05, 0) is 36.6 Å².